The van der Waals surface area contributed by atoms with Gasteiger partial charge < -0.3 is 5.32 Å². The van der Waals surface area contributed by atoms with E-state index in [-0.39, 0.29) is 11.4 Å². The second-order valence-electron chi connectivity index (χ2n) is 4.76. The lowest BCUT2D eigenvalue weighted by Crippen LogP contribution is -2.46. The number of nitrogens with one attached hydrogen (secondary N) is 1. The lowest BCUT2D eigenvalue weighted by atomic mass is 9.88. The zero-order valence-electron chi connectivity index (χ0n) is 11.1. The molecule has 0 spiro atoms. The van der Waals surface area contributed by atoms with Crippen LogP contribution in [0.25, 0.3) is 0 Å². The molecule has 1 aliphatic rings. The normalized spacial score (nSPS) is 22.2. The number of hydrogen-bond donors (Lipinski definition) is 1. The first-order valence-corrected chi connectivity index (χ1v) is 6.23. The maximum absolute atomic E-state index is 12.3. The van der Waals surface area contributed by atoms with Gasteiger partial charge in [0.15, 0.2) is 0 Å². The van der Waals surface area contributed by atoms with Crippen LogP contribution in [-0.2, 0) is 7.05 Å². The number of rotatable bonds is 3. The first-order chi connectivity index (χ1) is 8.56. The SMILES string of the molecule is CC[C@@]1(NC(=O)c2cn(C)nc2C)C=CC=CC1. The summed E-state index contributed by atoms with van der Waals surface area (Å²) in [4.78, 5) is 12.3. The average molecular weight is 245 g/mol. The molecule has 18 heavy (non-hydrogen) atoms. The molecule has 1 heterocycles. The van der Waals surface area contributed by atoms with Crippen molar-refractivity contribution in [2.24, 2.45) is 7.05 Å². The highest BCUT2D eigenvalue weighted by molar-refractivity contribution is 5.95. The van der Waals surface area contributed by atoms with Crippen LogP contribution in [0.1, 0.15) is 35.8 Å². The van der Waals surface area contributed by atoms with Crippen LogP contribution in [0.5, 0.6) is 0 Å². The first-order valence-electron chi connectivity index (χ1n) is 6.23. The number of hydrogen-bond acceptors (Lipinski definition) is 2. The molecule has 0 aliphatic heterocycles. The van der Waals surface area contributed by atoms with Crippen LogP contribution in [0, 0.1) is 6.92 Å². The van der Waals surface area contributed by atoms with Crippen LogP contribution in [0.2, 0.25) is 0 Å². The number of allylic oxidation sites excluding steroid dienone is 2. The van der Waals surface area contributed by atoms with Gasteiger partial charge in [0.2, 0.25) is 0 Å². The average Bonchev–Trinajstić information content (AvgIpc) is 2.70. The summed E-state index contributed by atoms with van der Waals surface area (Å²) in [6.45, 7) is 3.93. The van der Waals surface area contributed by atoms with E-state index in [4.69, 9.17) is 0 Å². The largest absolute Gasteiger partial charge is 0.343 e. The second-order valence-corrected chi connectivity index (χ2v) is 4.76. The molecule has 4 nitrogen and oxygen atoms in total. The molecule has 1 atom stereocenters. The van der Waals surface area contributed by atoms with Gasteiger partial charge in [-0.05, 0) is 19.8 Å². The van der Waals surface area contributed by atoms with E-state index in [1.165, 1.54) is 0 Å². The second kappa shape index (κ2) is 4.80. The maximum atomic E-state index is 12.3. The molecule has 0 fully saturated rings. The van der Waals surface area contributed by atoms with Crippen LogP contribution >= 0.6 is 0 Å². The smallest absolute Gasteiger partial charge is 0.255 e. The molecule has 4 heteroatoms. The van der Waals surface area contributed by atoms with E-state index in [2.05, 4.69) is 29.5 Å². The van der Waals surface area contributed by atoms with E-state index in [0.717, 1.165) is 18.5 Å². The van der Waals surface area contributed by atoms with Crippen molar-refractivity contribution >= 4 is 5.91 Å². The fraction of sp³-hybridized carbons (Fsp3) is 0.429. The number of aromatic nitrogens is 2. The molecular formula is C14H19N3O. The Labute approximate surface area is 107 Å². The Hall–Kier alpha value is -1.84. The third-order valence-electron chi connectivity index (χ3n) is 3.40. The van der Waals surface area contributed by atoms with Gasteiger partial charge in [0, 0.05) is 13.2 Å². The number of nitrogens with zero attached hydrogens (tertiary/aromatic N) is 2. The lowest BCUT2D eigenvalue weighted by molar-refractivity contribution is 0.0914. The van der Waals surface area contributed by atoms with Gasteiger partial charge in [-0.15, -0.1) is 0 Å². The molecule has 0 bridgehead atoms. The van der Waals surface area contributed by atoms with Crippen molar-refractivity contribution in [1.29, 1.82) is 0 Å². The van der Waals surface area contributed by atoms with Gasteiger partial charge in [-0.25, -0.2) is 0 Å². The van der Waals surface area contributed by atoms with Crippen molar-refractivity contribution in [2.45, 2.75) is 32.2 Å². The van der Waals surface area contributed by atoms with Gasteiger partial charge in [0.05, 0.1) is 16.8 Å². The molecule has 1 aromatic heterocycles. The summed E-state index contributed by atoms with van der Waals surface area (Å²) in [7, 11) is 1.82. The highest BCUT2D eigenvalue weighted by Gasteiger charge is 2.28. The molecule has 0 unspecified atom stereocenters. The van der Waals surface area contributed by atoms with Gasteiger partial charge in [-0.3, -0.25) is 9.48 Å². The minimum atomic E-state index is -0.256. The minimum absolute atomic E-state index is 0.0533. The zero-order valence-corrected chi connectivity index (χ0v) is 11.1. The monoisotopic (exact) mass is 245 g/mol. The fourth-order valence-corrected chi connectivity index (χ4v) is 2.22. The van der Waals surface area contributed by atoms with Gasteiger partial charge in [-0.2, -0.15) is 5.10 Å². The van der Waals surface area contributed by atoms with Gasteiger partial charge in [-0.1, -0.05) is 31.2 Å². The van der Waals surface area contributed by atoms with E-state index < -0.39 is 0 Å². The summed E-state index contributed by atoms with van der Waals surface area (Å²) in [6, 6.07) is 0. The van der Waals surface area contributed by atoms with Crippen molar-refractivity contribution in [2.75, 3.05) is 0 Å². The van der Waals surface area contributed by atoms with Crippen LogP contribution in [0.4, 0.5) is 0 Å². The number of amides is 1. The molecule has 1 aliphatic carbocycles. The standard InChI is InChI=1S/C14H19N3O/c1-4-14(8-6-5-7-9-14)15-13(18)12-10-17(3)16-11(12)2/h5-8,10H,4,9H2,1-3H3,(H,15,18)/t14-/m1/s1. The van der Waals surface area contributed by atoms with Gasteiger partial charge in [0.1, 0.15) is 0 Å². The summed E-state index contributed by atoms with van der Waals surface area (Å²) in [5, 5.41) is 7.32. The molecule has 0 saturated carbocycles. The Balaban J connectivity index is 2.18. The Morgan fingerprint density at radius 3 is 2.83 bits per heavy atom. The summed E-state index contributed by atoms with van der Waals surface area (Å²) < 4.78 is 1.67. The highest BCUT2D eigenvalue weighted by atomic mass is 16.1. The molecule has 1 N–H and O–H groups in total. The highest BCUT2D eigenvalue weighted by Crippen LogP contribution is 2.22. The molecule has 1 aromatic rings. The third-order valence-corrected chi connectivity index (χ3v) is 3.40. The lowest BCUT2D eigenvalue weighted by Gasteiger charge is -2.31. The molecule has 2 rings (SSSR count). The zero-order chi connectivity index (χ0) is 13.2. The van der Waals surface area contributed by atoms with Gasteiger partial charge in [0.25, 0.3) is 5.91 Å². The van der Waals surface area contributed by atoms with E-state index in [1.807, 2.05) is 26.1 Å². The van der Waals surface area contributed by atoms with E-state index >= 15 is 0 Å². The molecule has 96 valence electrons. The summed E-state index contributed by atoms with van der Waals surface area (Å²) >= 11 is 0. The van der Waals surface area contributed by atoms with Gasteiger partial charge >= 0.3 is 0 Å². The third kappa shape index (κ3) is 2.37. The predicted molar refractivity (Wildman–Crippen MR) is 71.3 cm³/mol. The fourth-order valence-electron chi connectivity index (χ4n) is 2.22. The first kappa shape index (κ1) is 12.6. The van der Waals surface area contributed by atoms with Crippen LogP contribution in [0.15, 0.2) is 30.5 Å². The Morgan fingerprint density at radius 2 is 2.33 bits per heavy atom. The Morgan fingerprint density at radius 1 is 1.56 bits per heavy atom. The van der Waals surface area contributed by atoms with E-state index in [9.17, 15) is 4.79 Å². The van der Waals surface area contributed by atoms with Crippen molar-refractivity contribution in [3.8, 4) is 0 Å². The van der Waals surface area contributed by atoms with Crippen LogP contribution < -0.4 is 5.32 Å². The predicted octanol–water partition coefficient (Wildman–Crippen LogP) is 2.12. The van der Waals surface area contributed by atoms with Crippen molar-refractivity contribution in [3.63, 3.8) is 0 Å². The summed E-state index contributed by atoms with van der Waals surface area (Å²) in [5.74, 6) is -0.0533. The maximum Gasteiger partial charge on any atom is 0.255 e. The summed E-state index contributed by atoms with van der Waals surface area (Å²) in [6.07, 6.45) is 11.6. The van der Waals surface area contributed by atoms with Crippen molar-refractivity contribution in [3.05, 3.63) is 41.8 Å². The van der Waals surface area contributed by atoms with E-state index in [0.29, 0.717) is 5.56 Å². The molecule has 0 aromatic carbocycles. The quantitative estimate of drug-likeness (QED) is 0.886. The molecular weight excluding hydrogens is 226 g/mol. The Bertz CT molecular complexity index is 513. The van der Waals surface area contributed by atoms with Crippen molar-refractivity contribution < 1.29 is 4.79 Å². The van der Waals surface area contributed by atoms with Crippen molar-refractivity contribution in [1.82, 2.24) is 15.1 Å². The van der Waals surface area contributed by atoms with Crippen LogP contribution in [-0.4, -0.2) is 21.2 Å². The summed E-state index contributed by atoms with van der Waals surface area (Å²) in [5.41, 5.74) is 1.15. The van der Waals surface area contributed by atoms with E-state index in [1.54, 1.807) is 10.9 Å². The minimum Gasteiger partial charge on any atom is -0.343 e. The number of aryl methyl sites for hydroxylation is 2. The number of carbonyl (C=O) groups excluding carboxylic acids is 1. The molecule has 1 amide bonds. The van der Waals surface area contributed by atoms with Crippen LogP contribution in [0.3, 0.4) is 0 Å². The number of carbonyl (C=O) groups is 1. The topological polar surface area (TPSA) is 46.9 Å². The Kier molecular flexibility index (Phi) is 3.36. The molecule has 0 radical (unpaired) electrons. The molecule has 0 saturated heterocycles.